The normalized spacial score (nSPS) is 11.9. The second-order valence-corrected chi connectivity index (χ2v) is 6.09. The van der Waals surface area contributed by atoms with Crippen LogP contribution in [0.2, 0.25) is 0 Å². The Kier molecular flexibility index (Phi) is 5.85. The molecule has 1 amide bonds. The van der Waals surface area contributed by atoms with Crippen LogP contribution in [0.25, 0.3) is 0 Å². The fourth-order valence-corrected chi connectivity index (χ4v) is 2.53. The van der Waals surface area contributed by atoms with Crippen molar-refractivity contribution in [3.63, 3.8) is 0 Å². The first-order chi connectivity index (χ1) is 11.4. The monoisotopic (exact) mass is 327 g/mol. The Morgan fingerprint density at radius 2 is 1.67 bits per heavy atom. The molecule has 0 saturated carbocycles. The number of anilines is 1. The Hall–Kier alpha value is -2.49. The number of carbonyl (C=O) groups is 1. The average Bonchev–Trinajstić information content (AvgIpc) is 2.56. The highest BCUT2D eigenvalue weighted by molar-refractivity contribution is 5.95. The van der Waals surface area contributed by atoms with E-state index in [1.54, 1.807) is 26.2 Å². The van der Waals surface area contributed by atoms with Crippen LogP contribution in [0.1, 0.15) is 37.8 Å². The summed E-state index contributed by atoms with van der Waals surface area (Å²) in [5.41, 5.74) is 3.03. The molecule has 0 saturated heterocycles. The Bertz CT molecular complexity index is 710. The first kappa shape index (κ1) is 17.9. The molecule has 0 aromatic heterocycles. The Morgan fingerprint density at radius 1 is 1.00 bits per heavy atom. The smallest absolute Gasteiger partial charge is 0.265 e. The predicted molar refractivity (Wildman–Crippen MR) is 97.0 cm³/mol. The number of carbonyl (C=O) groups excluding carboxylic acids is 1. The molecule has 128 valence electrons. The molecule has 2 rings (SSSR count). The van der Waals surface area contributed by atoms with Gasteiger partial charge < -0.3 is 14.8 Å². The van der Waals surface area contributed by atoms with Gasteiger partial charge in [0, 0.05) is 5.69 Å². The van der Waals surface area contributed by atoms with Gasteiger partial charge >= 0.3 is 0 Å². The molecule has 1 atom stereocenters. The van der Waals surface area contributed by atoms with Crippen LogP contribution >= 0.6 is 0 Å². The maximum atomic E-state index is 12.6. The van der Waals surface area contributed by atoms with Crippen LogP contribution in [0, 0.1) is 6.92 Å². The zero-order valence-electron chi connectivity index (χ0n) is 14.9. The third-order valence-electron chi connectivity index (χ3n) is 3.92. The van der Waals surface area contributed by atoms with Gasteiger partial charge in [0.25, 0.3) is 5.91 Å². The molecule has 0 bridgehead atoms. The lowest BCUT2D eigenvalue weighted by atomic mass is 9.98. The highest BCUT2D eigenvalue weighted by Gasteiger charge is 2.19. The van der Waals surface area contributed by atoms with E-state index in [0.717, 1.165) is 16.8 Å². The summed E-state index contributed by atoms with van der Waals surface area (Å²) >= 11 is 0. The van der Waals surface area contributed by atoms with E-state index in [-0.39, 0.29) is 5.91 Å². The number of amides is 1. The third-order valence-corrected chi connectivity index (χ3v) is 3.92. The summed E-state index contributed by atoms with van der Waals surface area (Å²) in [6, 6.07) is 13.3. The molecule has 0 aliphatic carbocycles. The van der Waals surface area contributed by atoms with E-state index in [1.165, 1.54) is 0 Å². The third kappa shape index (κ3) is 4.07. The number of aryl methyl sites for hydroxylation is 1. The van der Waals surface area contributed by atoms with Crippen LogP contribution in [0.3, 0.4) is 0 Å². The summed E-state index contributed by atoms with van der Waals surface area (Å²) in [6.07, 6.45) is -0.638. The lowest BCUT2D eigenvalue weighted by molar-refractivity contribution is -0.122. The van der Waals surface area contributed by atoms with Gasteiger partial charge in [0.15, 0.2) is 17.6 Å². The van der Waals surface area contributed by atoms with Gasteiger partial charge in [0.2, 0.25) is 0 Å². The zero-order chi connectivity index (χ0) is 17.7. The Morgan fingerprint density at radius 3 is 2.29 bits per heavy atom. The maximum absolute atomic E-state index is 12.6. The minimum absolute atomic E-state index is 0.183. The highest BCUT2D eigenvalue weighted by atomic mass is 16.5. The van der Waals surface area contributed by atoms with E-state index < -0.39 is 6.10 Å². The number of methoxy groups -OCH3 is 1. The first-order valence-electron chi connectivity index (χ1n) is 8.14. The minimum Gasteiger partial charge on any atom is -0.493 e. The van der Waals surface area contributed by atoms with Crippen molar-refractivity contribution in [2.24, 2.45) is 0 Å². The summed E-state index contributed by atoms with van der Waals surface area (Å²) in [7, 11) is 1.58. The Balaban J connectivity index is 2.15. The highest BCUT2D eigenvalue weighted by Crippen LogP contribution is 2.29. The van der Waals surface area contributed by atoms with Crippen molar-refractivity contribution in [2.75, 3.05) is 12.4 Å². The second kappa shape index (κ2) is 7.86. The van der Waals surface area contributed by atoms with Crippen LogP contribution in [-0.4, -0.2) is 19.1 Å². The Labute approximate surface area is 143 Å². The standard InChI is InChI=1S/C20H25NO3/c1-13(2)16-10-8-9-14(3)19(16)21-20(22)15(4)24-18-12-7-6-11-17(18)23-5/h6-13,15H,1-5H3,(H,21,22)/t15-/m0/s1. The van der Waals surface area contributed by atoms with Gasteiger partial charge in [-0.2, -0.15) is 0 Å². The zero-order valence-corrected chi connectivity index (χ0v) is 14.9. The van der Waals surface area contributed by atoms with Crippen molar-refractivity contribution >= 4 is 11.6 Å². The summed E-state index contributed by atoms with van der Waals surface area (Å²) in [6.45, 7) is 7.95. The number of benzene rings is 2. The SMILES string of the molecule is COc1ccccc1O[C@@H](C)C(=O)Nc1c(C)cccc1C(C)C. The molecule has 1 N–H and O–H groups in total. The largest absolute Gasteiger partial charge is 0.493 e. The lowest BCUT2D eigenvalue weighted by Crippen LogP contribution is -2.31. The topological polar surface area (TPSA) is 47.6 Å². The van der Waals surface area contributed by atoms with Crippen LogP contribution in [0.5, 0.6) is 11.5 Å². The fourth-order valence-electron chi connectivity index (χ4n) is 2.53. The number of ether oxygens (including phenoxy) is 2. The number of rotatable bonds is 6. The second-order valence-electron chi connectivity index (χ2n) is 6.09. The van der Waals surface area contributed by atoms with Crippen LogP contribution in [0.15, 0.2) is 42.5 Å². The van der Waals surface area contributed by atoms with Crippen molar-refractivity contribution in [3.05, 3.63) is 53.6 Å². The first-order valence-corrected chi connectivity index (χ1v) is 8.14. The molecule has 4 heteroatoms. The van der Waals surface area contributed by atoms with Crippen molar-refractivity contribution in [1.29, 1.82) is 0 Å². The molecule has 2 aromatic carbocycles. The number of hydrogen-bond donors (Lipinski definition) is 1. The molecule has 0 fully saturated rings. The maximum Gasteiger partial charge on any atom is 0.265 e. The van der Waals surface area contributed by atoms with Gasteiger partial charge in [0.1, 0.15) is 0 Å². The van der Waals surface area contributed by atoms with E-state index in [0.29, 0.717) is 17.4 Å². The molecule has 0 unspecified atom stereocenters. The van der Waals surface area contributed by atoms with Crippen LogP contribution < -0.4 is 14.8 Å². The van der Waals surface area contributed by atoms with Gasteiger partial charge in [-0.15, -0.1) is 0 Å². The molecule has 0 spiro atoms. The van der Waals surface area contributed by atoms with Gasteiger partial charge in [0.05, 0.1) is 7.11 Å². The number of nitrogens with one attached hydrogen (secondary N) is 1. The van der Waals surface area contributed by atoms with E-state index >= 15 is 0 Å². The fraction of sp³-hybridized carbons (Fsp3) is 0.350. The van der Waals surface area contributed by atoms with E-state index in [1.807, 2.05) is 37.3 Å². The number of hydrogen-bond acceptors (Lipinski definition) is 3. The van der Waals surface area contributed by atoms with Crippen LogP contribution in [-0.2, 0) is 4.79 Å². The van der Waals surface area contributed by atoms with Gasteiger partial charge in [-0.25, -0.2) is 0 Å². The molecule has 0 aliphatic rings. The van der Waals surface area contributed by atoms with E-state index in [2.05, 4.69) is 19.2 Å². The molecule has 2 aromatic rings. The quantitative estimate of drug-likeness (QED) is 0.848. The minimum atomic E-state index is -0.638. The van der Waals surface area contributed by atoms with E-state index in [9.17, 15) is 4.79 Å². The molecular formula is C20H25NO3. The predicted octanol–water partition coefficient (Wildman–Crippen LogP) is 4.53. The summed E-state index contributed by atoms with van der Waals surface area (Å²) < 4.78 is 11.0. The summed E-state index contributed by atoms with van der Waals surface area (Å²) in [4.78, 5) is 12.6. The summed E-state index contributed by atoms with van der Waals surface area (Å²) in [5.74, 6) is 1.30. The van der Waals surface area contributed by atoms with Crippen molar-refractivity contribution in [3.8, 4) is 11.5 Å². The molecule has 24 heavy (non-hydrogen) atoms. The molecule has 0 heterocycles. The van der Waals surface area contributed by atoms with Crippen molar-refractivity contribution < 1.29 is 14.3 Å². The molecule has 0 radical (unpaired) electrons. The van der Waals surface area contributed by atoms with Crippen LogP contribution in [0.4, 0.5) is 5.69 Å². The molecule has 4 nitrogen and oxygen atoms in total. The van der Waals surface area contributed by atoms with Crippen molar-refractivity contribution in [1.82, 2.24) is 0 Å². The van der Waals surface area contributed by atoms with Gasteiger partial charge in [-0.3, -0.25) is 4.79 Å². The van der Waals surface area contributed by atoms with E-state index in [4.69, 9.17) is 9.47 Å². The molecular weight excluding hydrogens is 302 g/mol. The summed E-state index contributed by atoms with van der Waals surface area (Å²) in [5, 5.41) is 3.01. The average molecular weight is 327 g/mol. The lowest BCUT2D eigenvalue weighted by Gasteiger charge is -2.20. The van der Waals surface area contributed by atoms with Crippen molar-refractivity contribution in [2.45, 2.75) is 39.7 Å². The van der Waals surface area contributed by atoms with Gasteiger partial charge in [-0.1, -0.05) is 44.2 Å². The number of para-hydroxylation sites is 3. The van der Waals surface area contributed by atoms with Gasteiger partial charge in [-0.05, 0) is 43.0 Å². The molecule has 0 aliphatic heterocycles.